The molecule has 0 aliphatic carbocycles. The van der Waals surface area contributed by atoms with Crippen LogP contribution >= 0.6 is 11.3 Å². The smallest absolute Gasteiger partial charge is 0.0328 e. The molecule has 1 N–H and O–H groups in total. The van der Waals surface area contributed by atoms with Gasteiger partial charge in [0.15, 0.2) is 0 Å². The molecule has 0 aromatic carbocycles. The van der Waals surface area contributed by atoms with Crippen LogP contribution in [-0.4, -0.2) is 31.1 Å². The maximum Gasteiger partial charge on any atom is 0.0328 e. The van der Waals surface area contributed by atoms with Crippen molar-refractivity contribution in [2.75, 3.05) is 20.1 Å². The zero-order valence-electron chi connectivity index (χ0n) is 11.4. The van der Waals surface area contributed by atoms with E-state index in [-0.39, 0.29) is 0 Å². The molecule has 17 heavy (non-hydrogen) atoms. The van der Waals surface area contributed by atoms with Crippen molar-refractivity contribution < 1.29 is 0 Å². The lowest BCUT2D eigenvalue weighted by atomic mass is 9.95. The Morgan fingerprint density at radius 3 is 2.71 bits per heavy atom. The molecule has 0 amide bonds. The van der Waals surface area contributed by atoms with E-state index in [1.165, 1.54) is 29.3 Å². The summed E-state index contributed by atoms with van der Waals surface area (Å²) in [6, 6.07) is 5.29. The normalized spacial score (nSPS) is 22.2. The first-order valence-electron chi connectivity index (χ1n) is 6.48. The molecular weight excluding hydrogens is 228 g/mol. The number of likely N-dealkylation sites (N-methyl/N-ethyl adjacent to an activating group) is 1. The van der Waals surface area contributed by atoms with Crippen molar-refractivity contribution in [2.24, 2.45) is 0 Å². The maximum absolute atomic E-state index is 3.37. The van der Waals surface area contributed by atoms with Gasteiger partial charge in [-0.3, -0.25) is 4.90 Å². The van der Waals surface area contributed by atoms with Gasteiger partial charge in [0.2, 0.25) is 0 Å². The Hall–Kier alpha value is -0.380. The van der Waals surface area contributed by atoms with Gasteiger partial charge in [0.05, 0.1) is 0 Å². The summed E-state index contributed by atoms with van der Waals surface area (Å²) in [6.45, 7) is 10.4. The molecule has 1 fully saturated rings. The van der Waals surface area contributed by atoms with Crippen LogP contribution in [0.5, 0.6) is 0 Å². The number of nitrogens with one attached hydrogen (secondary N) is 1. The van der Waals surface area contributed by atoms with Crippen LogP contribution in [0.25, 0.3) is 0 Å². The van der Waals surface area contributed by atoms with Crippen molar-refractivity contribution >= 4 is 11.3 Å². The molecule has 0 bridgehead atoms. The van der Waals surface area contributed by atoms with Gasteiger partial charge in [0, 0.05) is 35.4 Å². The van der Waals surface area contributed by atoms with Gasteiger partial charge < -0.3 is 5.32 Å². The summed E-state index contributed by atoms with van der Waals surface area (Å²) in [6.07, 6.45) is 1.29. The van der Waals surface area contributed by atoms with Gasteiger partial charge in [-0.15, -0.1) is 11.3 Å². The van der Waals surface area contributed by atoms with Crippen LogP contribution < -0.4 is 5.32 Å². The standard InChI is InChI=1S/C14H24N2S/c1-14(2,3)13-6-5-12(17-13)10-16-8-7-11(9-16)15-4/h5-6,11,15H,7-10H2,1-4H3. The van der Waals surface area contributed by atoms with Crippen LogP contribution in [0.1, 0.15) is 36.9 Å². The Labute approximate surface area is 109 Å². The van der Waals surface area contributed by atoms with Crippen molar-refractivity contribution in [3.8, 4) is 0 Å². The molecule has 2 heterocycles. The van der Waals surface area contributed by atoms with Gasteiger partial charge in [-0.1, -0.05) is 20.8 Å². The molecule has 1 saturated heterocycles. The third kappa shape index (κ3) is 3.30. The molecule has 1 aromatic heterocycles. The topological polar surface area (TPSA) is 15.3 Å². The molecule has 1 atom stereocenters. The summed E-state index contributed by atoms with van der Waals surface area (Å²) in [5.74, 6) is 0. The highest BCUT2D eigenvalue weighted by Gasteiger charge is 2.22. The van der Waals surface area contributed by atoms with Crippen LogP contribution in [0.2, 0.25) is 0 Å². The monoisotopic (exact) mass is 252 g/mol. The number of hydrogen-bond donors (Lipinski definition) is 1. The van der Waals surface area contributed by atoms with Crippen molar-refractivity contribution in [3.05, 3.63) is 21.9 Å². The number of thiophene rings is 1. The number of likely N-dealkylation sites (tertiary alicyclic amines) is 1. The highest BCUT2D eigenvalue weighted by molar-refractivity contribution is 7.12. The lowest BCUT2D eigenvalue weighted by Crippen LogP contribution is -2.29. The van der Waals surface area contributed by atoms with Gasteiger partial charge in [-0.25, -0.2) is 0 Å². The van der Waals surface area contributed by atoms with E-state index in [1.54, 1.807) is 0 Å². The predicted molar refractivity (Wildman–Crippen MR) is 75.8 cm³/mol. The molecule has 0 saturated carbocycles. The van der Waals surface area contributed by atoms with E-state index in [1.807, 2.05) is 11.3 Å². The highest BCUT2D eigenvalue weighted by atomic mass is 32.1. The first kappa shape index (κ1) is 13.1. The van der Waals surface area contributed by atoms with E-state index < -0.39 is 0 Å². The van der Waals surface area contributed by atoms with Crippen LogP contribution in [0, 0.1) is 0 Å². The minimum Gasteiger partial charge on any atom is -0.316 e. The average Bonchev–Trinajstić information content (AvgIpc) is 2.86. The Bertz CT molecular complexity index is 365. The van der Waals surface area contributed by atoms with Crippen molar-refractivity contribution in [1.82, 2.24) is 10.2 Å². The molecule has 0 spiro atoms. The SMILES string of the molecule is CNC1CCN(Cc2ccc(C(C)(C)C)s2)C1. The van der Waals surface area contributed by atoms with Gasteiger partial charge in [-0.05, 0) is 31.0 Å². The van der Waals surface area contributed by atoms with Gasteiger partial charge in [0.1, 0.15) is 0 Å². The maximum atomic E-state index is 3.37. The Morgan fingerprint density at radius 1 is 1.41 bits per heavy atom. The Morgan fingerprint density at radius 2 is 2.18 bits per heavy atom. The quantitative estimate of drug-likeness (QED) is 0.890. The van der Waals surface area contributed by atoms with Crippen LogP contribution in [0.4, 0.5) is 0 Å². The average molecular weight is 252 g/mol. The first-order valence-corrected chi connectivity index (χ1v) is 7.29. The third-order valence-corrected chi connectivity index (χ3v) is 4.96. The van der Waals surface area contributed by atoms with Crippen molar-refractivity contribution in [3.63, 3.8) is 0 Å². The van der Waals surface area contributed by atoms with Gasteiger partial charge in [-0.2, -0.15) is 0 Å². The molecule has 1 aliphatic heterocycles. The van der Waals surface area contributed by atoms with Crippen molar-refractivity contribution in [1.29, 1.82) is 0 Å². The summed E-state index contributed by atoms with van der Waals surface area (Å²) in [5.41, 5.74) is 0.293. The zero-order chi connectivity index (χ0) is 12.5. The third-order valence-electron chi connectivity index (χ3n) is 3.46. The molecule has 2 rings (SSSR count). The molecule has 1 unspecified atom stereocenters. The second-order valence-corrected chi connectivity index (χ2v) is 7.19. The molecule has 3 heteroatoms. The van der Waals surface area contributed by atoms with Crippen LogP contribution in [0.15, 0.2) is 12.1 Å². The second-order valence-electron chi connectivity index (χ2n) is 6.03. The number of hydrogen-bond acceptors (Lipinski definition) is 3. The van der Waals surface area contributed by atoms with Crippen LogP contribution in [0.3, 0.4) is 0 Å². The van der Waals surface area contributed by atoms with E-state index in [9.17, 15) is 0 Å². The van der Waals surface area contributed by atoms with Crippen molar-refractivity contribution in [2.45, 2.75) is 45.2 Å². The lowest BCUT2D eigenvalue weighted by Gasteiger charge is -2.16. The highest BCUT2D eigenvalue weighted by Crippen LogP contribution is 2.30. The van der Waals surface area contributed by atoms with Crippen LogP contribution in [-0.2, 0) is 12.0 Å². The minimum absolute atomic E-state index is 0.293. The molecule has 1 aliphatic rings. The van der Waals surface area contributed by atoms with Gasteiger partial charge in [0.25, 0.3) is 0 Å². The molecule has 1 aromatic rings. The van der Waals surface area contributed by atoms with E-state index in [2.05, 4.69) is 50.2 Å². The number of nitrogens with zero attached hydrogens (tertiary/aromatic N) is 1. The predicted octanol–water partition coefficient (Wildman–Crippen LogP) is 2.84. The summed E-state index contributed by atoms with van der Waals surface area (Å²) >= 11 is 1.97. The Balaban J connectivity index is 1.94. The van der Waals surface area contributed by atoms with E-state index >= 15 is 0 Å². The minimum atomic E-state index is 0.293. The fourth-order valence-electron chi connectivity index (χ4n) is 2.30. The first-order chi connectivity index (χ1) is 7.99. The fraction of sp³-hybridized carbons (Fsp3) is 0.714. The molecule has 2 nitrogen and oxygen atoms in total. The summed E-state index contributed by atoms with van der Waals surface area (Å²) < 4.78 is 0. The largest absolute Gasteiger partial charge is 0.316 e. The summed E-state index contributed by atoms with van der Waals surface area (Å²) in [7, 11) is 2.07. The summed E-state index contributed by atoms with van der Waals surface area (Å²) in [4.78, 5) is 5.56. The number of rotatable bonds is 3. The zero-order valence-corrected chi connectivity index (χ0v) is 12.2. The lowest BCUT2D eigenvalue weighted by molar-refractivity contribution is 0.325. The van der Waals surface area contributed by atoms with E-state index in [0.29, 0.717) is 11.5 Å². The Kier molecular flexibility index (Phi) is 3.91. The molecule has 96 valence electrons. The molecule has 0 radical (unpaired) electrons. The molecular formula is C14H24N2S. The summed E-state index contributed by atoms with van der Waals surface area (Å²) in [5, 5.41) is 3.37. The van der Waals surface area contributed by atoms with Gasteiger partial charge >= 0.3 is 0 Å². The second kappa shape index (κ2) is 5.09. The van der Waals surface area contributed by atoms with E-state index in [4.69, 9.17) is 0 Å². The van der Waals surface area contributed by atoms with E-state index in [0.717, 1.165) is 6.54 Å². The fourth-order valence-corrected chi connectivity index (χ4v) is 3.41.